The molecule has 148 valence electrons. The zero-order valence-corrected chi connectivity index (χ0v) is 16.6. The van der Waals surface area contributed by atoms with Gasteiger partial charge in [-0.2, -0.15) is 5.10 Å². The van der Waals surface area contributed by atoms with Crippen LogP contribution in [0, 0.1) is 0 Å². The molecule has 0 atom stereocenters. The highest BCUT2D eigenvalue weighted by molar-refractivity contribution is 6.00. The lowest BCUT2D eigenvalue weighted by molar-refractivity contribution is -0.129. The Morgan fingerprint density at radius 2 is 1.83 bits per heavy atom. The number of pyridine rings is 1. The molecule has 2 heterocycles. The summed E-state index contributed by atoms with van der Waals surface area (Å²) in [6, 6.07) is 20.2. The van der Waals surface area contributed by atoms with Crippen LogP contribution in [0.5, 0.6) is 5.88 Å². The predicted molar refractivity (Wildman–Crippen MR) is 119 cm³/mol. The highest BCUT2D eigenvalue weighted by Crippen LogP contribution is 2.35. The van der Waals surface area contributed by atoms with Crippen molar-refractivity contribution in [1.29, 1.82) is 0 Å². The summed E-state index contributed by atoms with van der Waals surface area (Å²) in [7, 11) is 0. The molecule has 30 heavy (non-hydrogen) atoms. The minimum atomic E-state index is -0.532. The summed E-state index contributed by atoms with van der Waals surface area (Å²) in [6.07, 6.45) is 5.52. The molecular formula is C25H21N3O2. The van der Waals surface area contributed by atoms with Gasteiger partial charge in [0.05, 0.1) is 11.7 Å². The Balaban J connectivity index is 1.88. The van der Waals surface area contributed by atoms with Crippen LogP contribution in [0.3, 0.4) is 0 Å². The van der Waals surface area contributed by atoms with Crippen molar-refractivity contribution in [2.75, 3.05) is 0 Å². The Kier molecular flexibility index (Phi) is 5.52. The maximum atomic E-state index is 11.5. The first kappa shape index (κ1) is 19.3. The molecule has 2 aromatic carbocycles. The first-order valence-corrected chi connectivity index (χ1v) is 9.72. The lowest BCUT2D eigenvalue weighted by Crippen LogP contribution is -2.04. The standard InChI is InChI=1S/C25H21N3O2/c1-3-21(17-8-6-5-7-9-17)25(18-10-12-22-20(14-18)16-27-28-22)19-11-13-23(26-15-19)30-24(29)4-2/h4-16H,2-3H2,1H3,(H,27,28)/b25-21+. The second-order valence-corrected chi connectivity index (χ2v) is 6.76. The fourth-order valence-corrected chi connectivity index (χ4v) is 3.51. The van der Waals surface area contributed by atoms with Gasteiger partial charge in [0.1, 0.15) is 0 Å². The van der Waals surface area contributed by atoms with Gasteiger partial charge in [-0.25, -0.2) is 9.78 Å². The van der Waals surface area contributed by atoms with Gasteiger partial charge < -0.3 is 4.74 Å². The molecule has 0 bridgehead atoms. The van der Waals surface area contributed by atoms with Crippen LogP contribution in [0.2, 0.25) is 0 Å². The molecule has 5 nitrogen and oxygen atoms in total. The number of allylic oxidation sites excluding steroid dienone is 1. The Morgan fingerprint density at radius 3 is 2.53 bits per heavy atom. The van der Waals surface area contributed by atoms with Gasteiger partial charge in [-0.1, -0.05) is 49.9 Å². The first-order chi connectivity index (χ1) is 14.7. The predicted octanol–water partition coefficient (Wildman–Crippen LogP) is 5.42. The molecule has 0 amide bonds. The van der Waals surface area contributed by atoms with Gasteiger partial charge >= 0.3 is 5.97 Å². The van der Waals surface area contributed by atoms with Gasteiger partial charge in [0, 0.05) is 29.3 Å². The number of fused-ring (bicyclic) bond motifs is 1. The van der Waals surface area contributed by atoms with E-state index in [9.17, 15) is 4.79 Å². The van der Waals surface area contributed by atoms with E-state index in [-0.39, 0.29) is 5.88 Å². The zero-order valence-electron chi connectivity index (χ0n) is 16.6. The number of rotatable bonds is 6. The number of esters is 1. The number of hydrogen-bond acceptors (Lipinski definition) is 4. The molecule has 4 rings (SSSR count). The summed E-state index contributed by atoms with van der Waals surface area (Å²) < 4.78 is 5.13. The smallest absolute Gasteiger partial charge is 0.336 e. The summed E-state index contributed by atoms with van der Waals surface area (Å²) in [5.74, 6) is -0.291. The first-order valence-electron chi connectivity index (χ1n) is 9.72. The molecule has 4 aromatic rings. The molecule has 5 heteroatoms. The third kappa shape index (κ3) is 3.91. The van der Waals surface area contributed by atoms with Crippen LogP contribution in [0.25, 0.3) is 22.0 Å². The van der Waals surface area contributed by atoms with E-state index in [0.29, 0.717) is 0 Å². The van der Waals surface area contributed by atoms with Crippen LogP contribution in [0.4, 0.5) is 0 Å². The molecule has 0 aliphatic carbocycles. The van der Waals surface area contributed by atoms with Gasteiger partial charge in [-0.05, 0) is 46.9 Å². The van der Waals surface area contributed by atoms with Gasteiger partial charge in [0.15, 0.2) is 0 Å². The molecule has 0 radical (unpaired) electrons. The van der Waals surface area contributed by atoms with Crippen molar-refractivity contribution in [2.45, 2.75) is 13.3 Å². The third-order valence-electron chi connectivity index (χ3n) is 4.90. The van der Waals surface area contributed by atoms with Crippen molar-refractivity contribution < 1.29 is 9.53 Å². The van der Waals surface area contributed by atoms with Crippen LogP contribution in [-0.2, 0) is 4.79 Å². The van der Waals surface area contributed by atoms with E-state index in [0.717, 1.165) is 45.7 Å². The van der Waals surface area contributed by atoms with Crippen LogP contribution in [0.15, 0.2) is 85.7 Å². The Hall–Kier alpha value is -3.99. The van der Waals surface area contributed by atoms with Crippen molar-refractivity contribution in [3.05, 3.63) is 102 Å². The molecular weight excluding hydrogens is 374 g/mol. The second kappa shape index (κ2) is 8.57. The summed E-state index contributed by atoms with van der Waals surface area (Å²) >= 11 is 0. The lowest BCUT2D eigenvalue weighted by Gasteiger charge is -2.16. The molecule has 0 aliphatic rings. The topological polar surface area (TPSA) is 67.9 Å². The Morgan fingerprint density at radius 1 is 1.03 bits per heavy atom. The van der Waals surface area contributed by atoms with Gasteiger partial charge in [0.2, 0.25) is 5.88 Å². The lowest BCUT2D eigenvalue weighted by atomic mass is 9.88. The maximum absolute atomic E-state index is 11.5. The number of carbonyl (C=O) groups excluding carboxylic acids is 1. The van der Waals surface area contributed by atoms with Crippen molar-refractivity contribution in [3.8, 4) is 5.88 Å². The van der Waals surface area contributed by atoms with E-state index in [2.05, 4.69) is 52.9 Å². The fourth-order valence-electron chi connectivity index (χ4n) is 3.51. The van der Waals surface area contributed by atoms with Gasteiger partial charge in [-0.3, -0.25) is 5.10 Å². The second-order valence-electron chi connectivity index (χ2n) is 6.76. The summed E-state index contributed by atoms with van der Waals surface area (Å²) in [4.78, 5) is 15.8. The summed E-state index contributed by atoms with van der Waals surface area (Å²) in [5, 5.41) is 8.17. The fraction of sp³-hybridized carbons (Fsp3) is 0.0800. The Bertz CT molecular complexity index is 1220. The van der Waals surface area contributed by atoms with E-state index in [1.54, 1.807) is 12.3 Å². The number of hydrogen-bond donors (Lipinski definition) is 1. The van der Waals surface area contributed by atoms with Crippen molar-refractivity contribution >= 4 is 28.0 Å². The molecule has 0 spiro atoms. The third-order valence-corrected chi connectivity index (χ3v) is 4.90. The molecule has 0 fully saturated rings. The number of H-pyrrole nitrogens is 1. The molecule has 0 aliphatic heterocycles. The number of carbonyl (C=O) groups is 1. The largest absolute Gasteiger partial charge is 0.404 e. The summed E-state index contributed by atoms with van der Waals surface area (Å²) in [5.41, 5.74) is 6.45. The van der Waals surface area contributed by atoms with Crippen LogP contribution in [0.1, 0.15) is 30.0 Å². The average Bonchev–Trinajstić information content (AvgIpc) is 3.26. The quantitative estimate of drug-likeness (QED) is 0.269. The van der Waals surface area contributed by atoms with Crippen LogP contribution >= 0.6 is 0 Å². The van der Waals surface area contributed by atoms with Crippen LogP contribution in [-0.4, -0.2) is 21.2 Å². The Labute approximate surface area is 174 Å². The van der Waals surface area contributed by atoms with Crippen molar-refractivity contribution in [3.63, 3.8) is 0 Å². The molecule has 0 unspecified atom stereocenters. The van der Waals surface area contributed by atoms with Crippen molar-refractivity contribution in [2.24, 2.45) is 0 Å². The normalized spacial score (nSPS) is 11.8. The van der Waals surface area contributed by atoms with E-state index >= 15 is 0 Å². The van der Waals surface area contributed by atoms with Crippen molar-refractivity contribution in [1.82, 2.24) is 15.2 Å². The molecule has 0 saturated carbocycles. The molecule has 1 N–H and O–H groups in total. The number of aromatic amines is 1. The number of aromatic nitrogens is 3. The number of nitrogens with zero attached hydrogens (tertiary/aromatic N) is 2. The SMILES string of the molecule is C=CC(=O)Oc1ccc(/C(=C(\CC)c2ccccc2)c2ccc3[nH]ncc3c2)cn1. The van der Waals surface area contributed by atoms with E-state index in [1.165, 1.54) is 5.57 Å². The van der Waals surface area contributed by atoms with Crippen LogP contribution < -0.4 is 4.74 Å². The average molecular weight is 395 g/mol. The number of benzene rings is 2. The number of nitrogens with one attached hydrogen (secondary N) is 1. The minimum absolute atomic E-state index is 0.242. The summed E-state index contributed by atoms with van der Waals surface area (Å²) in [6.45, 7) is 5.56. The number of ether oxygens (including phenoxy) is 1. The highest BCUT2D eigenvalue weighted by Gasteiger charge is 2.15. The zero-order chi connectivity index (χ0) is 20.9. The monoisotopic (exact) mass is 395 g/mol. The molecule has 0 saturated heterocycles. The van der Waals surface area contributed by atoms with Gasteiger partial charge in [0.25, 0.3) is 0 Å². The minimum Gasteiger partial charge on any atom is -0.404 e. The van der Waals surface area contributed by atoms with E-state index in [4.69, 9.17) is 4.74 Å². The maximum Gasteiger partial charge on any atom is 0.336 e. The van der Waals surface area contributed by atoms with E-state index in [1.807, 2.05) is 36.5 Å². The van der Waals surface area contributed by atoms with E-state index < -0.39 is 5.97 Å². The molecule has 2 aromatic heterocycles. The highest BCUT2D eigenvalue weighted by atomic mass is 16.5. The van der Waals surface area contributed by atoms with Gasteiger partial charge in [-0.15, -0.1) is 0 Å².